The molecule has 6 rings (SSSR count). The molecule has 40 heavy (non-hydrogen) atoms. The minimum atomic E-state index is -0.716. The number of nitrogens with zero attached hydrogens (tertiary/aromatic N) is 1. The molecule has 3 aromatic carbocycles. The molecule has 0 saturated carbocycles. The fraction of sp³-hybridized carbons (Fsp3) is 0.424. The summed E-state index contributed by atoms with van der Waals surface area (Å²) in [6, 6.07) is 29.8. The zero-order valence-electron chi connectivity index (χ0n) is 23.1. The Hall–Kier alpha value is -3.07. The molecule has 0 bridgehead atoms. The van der Waals surface area contributed by atoms with E-state index in [1.54, 1.807) is 0 Å². The molecule has 6 atom stereocenters. The molecular weight excluding hydrogens is 506 g/mol. The van der Waals surface area contributed by atoms with Gasteiger partial charge in [0, 0.05) is 0 Å². The number of carbonyl (C=O) groups is 1. The van der Waals surface area contributed by atoms with Crippen molar-refractivity contribution in [2.24, 2.45) is 5.92 Å². The van der Waals surface area contributed by atoms with Crippen molar-refractivity contribution in [3.8, 4) is 0 Å². The highest BCUT2D eigenvalue weighted by Crippen LogP contribution is 2.47. The molecule has 0 N–H and O–H groups in total. The molecule has 3 aromatic rings. The van der Waals surface area contributed by atoms with Gasteiger partial charge in [0.1, 0.15) is 12.2 Å². The third kappa shape index (κ3) is 5.71. The first kappa shape index (κ1) is 27.1. The summed E-state index contributed by atoms with van der Waals surface area (Å²) >= 11 is 0. The lowest BCUT2D eigenvalue weighted by molar-refractivity contribution is -0.185. The first-order chi connectivity index (χ1) is 19.5. The fourth-order valence-corrected chi connectivity index (χ4v) is 6.13. The van der Waals surface area contributed by atoms with E-state index in [1.165, 1.54) is 0 Å². The standard InChI is InChI=1S/C33H37NO6/c1-33(2)39-22-27(40-33)28-29-31(38-20-25-16-10-5-11-17-25)30(37-19-24-14-8-4-9-15-24)26(34(29)32(28)35)21-36-18-23-12-6-3-7-13-23/h3-17,26-31H,18-22H2,1-2H3/t26-,27+,28+,29+,30-,31-/m0/s1. The summed E-state index contributed by atoms with van der Waals surface area (Å²) in [5.41, 5.74) is 3.23. The van der Waals surface area contributed by atoms with Gasteiger partial charge in [0.05, 0.1) is 57.1 Å². The summed E-state index contributed by atoms with van der Waals surface area (Å²) in [4.78, 5) is 15.7. The number of amides is 1. The highest BCUT2D eigenvalue weighted by molar-refractivity contribution is 5.88. The van der Waals surface area contributed by atoms with E-state index >= 15 is 0 Å². The van der Waals surface area contributed by atoms with Crippen molar-refractivity contribution in [1.82, 2.24) is 4.90 Å². The first-order valence-corrected chi connectivity index (χ1v) is 14.1. The lowest BCUT2D eigenvalue weighted by Crippen LogP contribution is -2.67. The second-order valence-electron chi connectivity index (χ2n) is 11.2. The largest absolute Gasteiger partial charge is 0.375 e. The number of benzene rings is 3. The average Bonchev–Trinajstić information content (AvgIpc) is 3.46. The van der Waals surface area contributed by atoms with Crippen molar-refractivity contribution in [3.63, 3.8) is 0 Å². The van der Waals surface area contributed by atoms with Crippen molar-refractivity contribution >= 4 is 5.91 Å². The van der Waals surface area contributed by atoms with Crippen LogP contribution in [0.5, 0.6) is 0 Å². The number of ether oxygens (including phenoxy) is 5. The Morgan fingerprint density at radius 1 is 0.775 bits per heavy atom. The maximum absolute atomic E-state index is 13.7. The minimum absolute atomic E-state index is 0.0451. The molecule has 7 nitrogen and oxygen atoms in total. The average molecular weight is 544 g/mol. The predicted octanol–water partition coefficient (Wildman–Crippen LogP) is 4.73. The Bertz CT molecular complexity index is 1250. The van der Waals surface area contributed by atoms with Crippen molar-refractivity contribution in [2.45, 2.75) is 69.9 Å². The van der Waals surface area contributed by atoms with Crippen LogP contribution in [0.1, 0.15) is 30.5 Å². The predicted molar refractivity (Wildman–Crippen MR) is 149 cm³/mol. The third-order valence-corrected chi connectivity index (χ3v) is 8.03. The SMILES string of the molecule is CC1(C)OC[C@H]([C@H]2C(=O)N3[C@H]2[C@H](OCc2ccccc2)[C@@H](OCc2ccccc2)[C@@H]3COCc2ccccc2)O1. The van der Waals surface area contributed by atoms with Crippen LogP contribution in [0.3, 0.4) is 0 Å². The molecule has 1 amide bonds. The molecule has 3 heterocycles. The van der Waals surface area contributed by atoms with Crippen LogP contribution in [0, 0.1) is 5.92 Å². The molecule has 0 aliphatic carbocycles. The molecule has 3 aliphatic heterocycles. The number of rotatable bonds is 11. The fourth-order valence-electron chi connectivity index (χ4n) is 6.13. The summed E-state index contributed by atoms with van der Waals surface area (Å²) < 4.78 is 31.5. The Labute approximate surface area is 235 Å². The maximum Gasteiger partial charge on any atom is 0.231 e. The monoisotopic (exact) mass is 543 g/mol. The highest BCUT2D eigenvalue weighted by atomic mass is 16.7. The van der Waals surface area contributed by atoms with Crippen LogP contribution in [0.4, 0.5) is 0 Å². The molecule has 0 unspecified atom stereocenters. The Morgan fingerprint density at radius 3 is 1.82 bits per heavy atom. The summed E-state index contributed by atoms with van der Waals surface area (Å²) in [6.07, 6.45) is -1.04. The van der Waals surface area contributed by atoms with Crippen molar-refractivity contribution in [3.05, 3.63) is 108 Å². The van der Waals surface area contributed by atoms with Gasteiger partial charge in [0.25, 0.3) is 0 Å². The lowest BCUT2D eigenvalue weighted by Gasteiger charge is -2.48. The highest BCUT2D eigenvalue weighted by Gasteiger charge is 2.67. The van der Waals surface area contributed by atoms with E-state index in [0.29, 0.717) is 33.0 Å². The second kappa shape index (κ2) is 11.8. The first-order valence-electron chi connectivity index (χ1n) is 14.1. The van der Waals surface area contributed by atoms with Crippen LogP contribution in [0.2, 0.25) is 0 Å². The Kier molecular flexibility index (Phi) is 8.01. The molecule has 210 valence electrons. The topological polar surface area (TPSA) is 66.5 Å². The Morgan fingerprint density at radius 2 is 1.30 bits per heavy atom. The van der Waals surface area contributed by atoms with Crippen LogP contribution in [-0.2, 0) is 48.3 Å². The second-order valence-corrected chi connectivity index (χ2v) is 11.2. The number of β-lactam (4-membered cyclic amide) rings is 1. The molecular formula is C33H37NO6. The summed E-state index contributed by atoms with van der Waals surface area (Å²) in [5, 5.41) is 0. The summed E-state index contributed by atoms with van der Waals surface area (Å²) in [7, 11) is 0. The van der Waals surface area contributed by atoms with E-state index in [4.69, 9.17) is 23.7 Å². The van der Waals surface area contributed by atoms with Crippen LogP contribution in [-0.4, -0.2) is 60.2 Å². The minimum Gasteiger partial charge on any atom is -0.375 e. The number of hydrogen-bond acceptors (Lipinski definition) is 6. The molecule has 0 spiro atoms. The van der Waals surface area contributed by atoms with E-state index in [9.17, 15) is 4.79 Å². The normalized spacial score (nSPS) is 28.9. The van der Waals surface area contributed by atoms with Crippen LogP contribution in [0.25, 0.3) is 0 Å². The zero-order chi connectivity index (χ0) is 27.5. The molecule has 3 saturated heterocycles. The van der Waals surface area contributed by atoms with Gasteiger partial charge < -0.3 is 28.6 Å². The van der Waals surface area contributed by atoms with E-state index in [1.807, 2.05) is 110 Å². The van der Waals surface area contributed by atoms with Crippen LogP contribution >= 0.6 is 0 Å². The van der Waals surface area contributed by atoms with Gasteiger partial charge in [-0.25, -0.2) is 0 Å². The van der Waals surface area contributed by atoms with Crippen molar-refractivity contribution < 1.29 is 28.5 Å². The van der Waals surface area contributed by atoms with Gasteiger partial charge >= 0.3 is 0 Å². The van der Waals surface area contributed by atoms with Crippen molar-refractivity contribution in [1.29, 1.82) is 0 Å². The van der Waals surface area contributed by atoms with Gasteiger partial charge in [0.2, 0.25) is 5.91 Å². The van der Waals surface area contributed by atoms with Gasteiger partial charge in [-0.15, -0.1) is 0 Å². The van der Waals surface area contributed by atoms with Gasteiger partial charge in [-0.2, -0.15) is 0 Å². The van der Waals surface area contributed by atoms with Gasteiger partial charge in [-0.3, -0.25) is 4.79 Å². The van der Waals surface area contributed by atoms with E-state index < -0.39 is 5.79 Å². The molecule has 0 radical (unpaired) electrons. The summed E-state index contributed by atoms with van der Waals surface area (Å²) in [6.45, 7) is 5.80. The van der Waals surface area contributed by atoms with E-state index in [0.717, 1.165) is 16.7 Å². The number of fused-ring (bicyclic) bond motifs is 1. The van der Waals surface area contributed by atoms with Gasteiger partial charge in [-0.05, 0) is 30.5 Å². The number of carbonyl (C=O) groups excluding carboxylic acids is 1. The third-order valence-electron chi connectivity index (χ3n) is 8.03. The molecule has 0 aromatic heterocycles. The summed E-state index contributed by atoms with van der Waals surface area (Å²) in [5.74, 6) is -1.03. The van der Waals surface area contributed by atoms with Gasteiger partial charge in [-0.1, -0.05) is 91.0 Å². The van der Waals surface area contributed by atoms with Crippen LogP contribution in [0.15, 0.2) is 91.0 Å². The Balaban J connectivity index is 1.26. The van der Waals surface area contributed by atoms with Crippen molar-refractivity contribution in [2.75, 3.05) is 13.2 Å². The quantitative estimate of drug-likeness (QED) is 0.326. The zero-order valence-corrected chi connectivity index (χ0v) is 23.1. The van der Waals surface area contributed by atoms with Crippen LogP contribution < -0.4 is 0 Å². The van der Waals surface area contributed by atoms with E-state index in [2.05, 4.69) is 0 Å². The molecule has 7 heteroatoms. The smallest absolute Gasteiger partial charge is 0.231 e. The number of hydrogen-bond donors (Lipinski definition) is 0. The van der Waals surface area contributed by atoms with E-state index in [-0.39, 0.29) is 42.2 Å². The molecule has 3 aliphatic rings. The van der Waals surface area contributed by atoms with Gasteiger partial charge in [0.15, 0.2) is 5.79 Å². The molecule has 3 fully saturated rings. The lowest BCUT2D eigenvalue weighted by atomic mass is 9.82. The maximum atomic E-state index is 13.7.